The SMILES string of the molecule is Cc1cc(Nc2nc[nH]n2)cc(C)c1[S+]([O-])c1ccccc1. The van der Waals surface area contributed by atoms with Crippen LogP contribution in [0.3, 0.4) is 0 Å². The van der Waals surface area contributed by atoms with E-state index in [1.807, 2.05) is 56.3 Å². The molecule has 1 unspecified atom stereocenters. The van der Waals surface area contributed by atoms with Gasteiger partial charge in [-0.1, -0.05) is 18.2 Å². The average Bonchev–Trinajstić information content (AvgIpc) is 3.00. The van der Waals surface area contributed by atoms with Crippen molar-refractivity contribution in [2.45, 2.75) is 23.6 Å². The second-order valence-electron chi connectivity index (χ2n) is 4.97. The molecule has 3 rings (SSSR count). The van der Waals surface area contributed by atoms with Crippen LogP contribution in [0.4, 0.5) is 11.6 Å². The van der Waals surface area contributed by atoms with Crippen LogP contribution in [-0.2, 0) is 11.2 Å². The summed E-state index contributed by atoms with van der Waals surface area (Å²) in [6.45, 7) is 3.93. The van der Waals surface area contributed by atoms with E-state index >= 15 is 0 Å². The van der Waals surface area contributed by atoms with Crippen molar-refractivity contribution < 1.29 is 4.55 Å². The maximum atomic E-state index is 12.8. The zero-order valence-corrected chi connectivity index (χ0v) is 13.1. The first kappa shape index (κ1) is 14.6. The zero-order valence-electron chi connectivity index (χ0n) is 12.3. The Bertz CT molecular complexity index is 736. The van der Waals surface area contributed by atoms with Crippen LogP contribution in [0.25, 0.3) is 0 Å². The average molecular weight is 312 g/mol. The summed E-state index contributed by atoms with van der Waals surface area (Å²) in [5.41, 5.74) is 2.82. The van der Waals surface area contributed by atoms with Crippen molar-refractivity contribution in [2.24, 2.45) is 0 Å². The van der Waals surface area contributed by atoms with Gasteiger partial charge in [-0.15, -0.1) is 5.10 Å². The summed E-state index contributed by atoms with van der Waals surface area (Å²) < 4.78 is 12.8. The van der Waals surface area contributed by atoms with Crippen molar-refractivity contribution in [3.63, 3.8) is 0 Å². The van der Waals surface area contributed by atoms with E-state index in [1.165, 1.54) is 6.33 Å². The van der Waals surface area contributed by atoms with Gasteiger partial charge in [0, 0.05) is 28.0 Å². The van der Waals surface area contributed by atoms with Gasteiger partial charge in [-0.25, -0.2) is 4.98 Å². The number of benzene rings is 2. The molecular formula is C16H16N4OS. The Balaban J connectivity index is 1.93. The quantitative estimate of drug-likeness (QED) is 0.724. The first-order valence-electron chi connectivity index (χ1n) is 6.86. The standard InChI is InChI=1S/C16H16N4OS/c1-11-8-13(19-16-17-10-18-20-16)9-12(2)15(11)22(21)14-6-4-3-5-7-14/h3-10H,1-2H3,(H2,17,18,19,20). The van der Waals surface area contributed by atoms with Crippen LogP contribution in [0.1, 0.15) is 11.1 Å². The number of aryl methyl sites for hydroxylation is 2. The minimum absolute atomic E-state index is 0.510. The van der Waals surface area contributed by atoms with Crippen molar-refractivity contribution in [1.29, 1.82) is 0 Å². The topological polar surface area (TPSA) is 76.7 Å². The van der Waals surface area contributed by atoms with Crippen LogP contribution in [0, 0.1) is 13.8 Å². The highest BCUT2D eigenvalue weighted by Gasteiger charge is 2.20. The lowest BCUT2D eigenvalue weighted by molar-refractivity contribution is 0.594. The lowest BCUT2D eigenvalue weighted by atomic mass is 10.1. The molecule has 0 fully saturated rings. The van der Waals surface area contributed by atoms with Gasteiger partial charge in [0.05, 0.1) is 0 Å². The van der Waals surface area contributed by atoms with Crippen molar-refractivity contribution in [1.82, 2.24) is 15.2 Å². The number of nitrogens with zero attached hydrogens (tertiary/aromatic N) is 2. The van der Waals surface area contributed by atoms with Crippen LogP contribution in [0.15, 0.2) is 58.6 Å². The predicted octanol–water partition coefficient (Wildman–Crippen LogP) is 3.33. The number of nitrogens with one attached hydrogen (secondary N) is 2. The molecular weight excluding hydrogens is 296 g/mol. The summed E-state index contributed by atoms with van der Waals surface area (Å²) in [6, 6.07) is 13.4. The van der Waals surface area contributed by atoms with E-state index in [9.17, 15) is 4.55 Å². The van der Waals surface area contributed by atoms with Crippen LogP contribution >= 0.6 is 0 Å². The molecule has 1 heterocycles. The molecule has 3 aromatic rings. The fourth-order valence-corrected chi connectivity index (χ4v) is 3.72. The van der Waals surface area contributed by atoms with Gasteiger partial charge in [-0.3, -0.25) is 5.10 Å². The number of rotatable bonds is 4. The van der Waals surface area contributed by atoms with Crippen LogP contribution in [0.2, 0.25) is 0 Å². The van der Waals surface area contributed by atoms with Crippen molar-refractivity contribution in [3.05, 3.63) is 59.9 Å². The third-order valence-corrected chi connectivity index (χ3v) is 4.99. The Kier molecular flexibility index (Phi) is 4.13. The highest BCUT2D eigenvalue weighted by atomic mass is 32.2. The Hall–Kier alpha value is -2.31. The first-order chi connectivity index (χ1) is 10.6. The molecule has 1 aromatic heterocycles. The van der Waals surface area contributed by atoms with Crippen molar-refractivity contribution >= 4 is 22.8 Å². The molecule has 0 aliphatic heterocycles. The monoisotopic (exact) mass is 312 g/mol. The number of hydrogen-bond donors (Lipinski definition) is 2. The maximum absolute atomic E-state index is 12.8. The van der Waals surface area contributed by atoms with Gasteiger partial charge in [0.25, 0.3) is 0 Å². The molecule has 1 atom stereocenters. The molecule has 0 aliphatic carbocycles. The van der Waals surface area contributed by atoms with Gasteiger partial charge >= 0.3 is 0 Å². The normalized spacial score (nSPS) is 12.1. The smallest absolute Gasteiger partial charge is 0.246 e. The summed E-state index contributed by atoms with van der Waals surface area (Å²) in [5.74, 6) is 0.510. The van der Waals surface area contributed by atoms with Crippen LogP contribution < -0.4 is 5.32 Å². The molecule has 0 saturated carbocycles. The molecule has 0 amide bonds. The highest BCUT2D eigenvalue weighted by molar-refractivity contribution is 7.91. The second kappa shape index (κ2) is 6.21. The lowest BCUT2D eigenvalue weighted by Crippen LogP contribution is -2.07. The van der Waals surface area contributed by atoms with E-state index in [0.717, 1.165) is 26.6 Å². The van der Waals surface area contributed by atoms with E-state index in [2.05, 4.69) is 20.5 Å². The summed E-state index contributed by atoms with van der Waals surface area (Å²) in [6.07, 6.45) is 1.51. The largest absolute Gasteiger partial charge is 0.606 e. The molecule has 2 aromatic carbocycles. The van der Waals surface area contributed by atoms with Gasteiger partial charge in [0.1, 0.15) is 6.33 Å². The van der Waals surface area contributed by atoms with Gasteiger partial charge in [-0.05, 0) is 38.1 Å². The first-order valence-corrected chi connectivity index (χ1v) is 8.01. The summed E-state index contributed by atoms with van der Waals surface area (Å²) >= 11 is -1.18. The fraction of sp³-hybridized carbons (Fsp3) is 0.125. The molecule has 6 heteroatoms. The number of aromatic nitrogens is 3. The number of H-pyrrole nitrogens is 1. The molecule has 0 spiro atoms. The molecule has 5 nitrogen and oxygen atoms in total. The van der Waals surface area contributed by atoms with E-state index in [4.69, 9.17) is 0 Å². The Morgan fingerprint density at radius 3 is 2.36 bits per heavy atom. The van der Waals surface area contributed by atoms with Crippen molar-refractivity contribution in [3.8, 4) is 0 Å². The minimum atomic E-state index is -1.18. The van der Waals surface area contributed by atoms with Gasteiger partial charge in [0.15, 0.2) is 9.79 Å². The fourth-order valence-electron chi connectivity index (χ4n) is 2.38. The maximum Gasteiger partial charge on any atom is 0.246 e. The minimum Gasteiger partial charge on any atom is -0.606 e. The van der Waals surface area contributed by atoms with Gasteiger partial charge in [-0.2, -0.15) is 0 Å². The van der Waals surface area contributed by atoms with E-state index in [0.29, 0.717) is 5.95 Å². The zero-order chi connectivity index (χ0) is 15.5. The molecule has 0 saturated heterocycles. The molecule has 22 heavy (non-hydrogen) atoms. The lowest BCUT2D eigenvalue weighted by Gasteiger charge is -2.16. The number of anilines is 2. The van der Waals surface area contributed by atoms with Crippen LogP contribution in [-0.4, -0.2) is 19.7 Å². The Morgan fingerprint density at radius 2 is 1.77 bits per heavy atom. The molecule has 112 valence electrons. The summed E-state index contributed by atoms with van der Waals surface area (Å²) in [5, 5.41) is 9.75. The van der Waals surface area contributed by atoms with Gasteiger partial charge in [0.2, 0.25) is 5.95 Å². The van der Waals surface area contributed by atoms with Crippen molar-refractivity contribution in [2.75, 3.05) is 5.32 Å². The number of hydrogen-bond acceptors (Lipinski definition) is 4. The summed E-state index contributed by atoms with van der Waals surface area (Å²) in [7, 11) is 0. The van der Waals surface area contributed by atoms with E-state index in [1.54, 1.807) is 0 Å². The van der Waals surface area contributed by atoms with Gasteiger partial charge < -0.3 is 9.87 Å². The predicted molar refractivity (Wildman–Crippen MR) is 86.7 cm³/mol. The third-order valence-electron chi connectivity index (χ3n) is 3.27. The molecule has 2 N–H and O–H groups in total. The number of aromatic amines is 1. The molecule has 0 bridgehead atoms. The van der Waals surface area contributed by atoms with E-state index < -0.39 is 11.2 Å². The highest BCUT2D eigenvalue weighted by Crippen LogP contribution is 2.30. The second-order valence-corrected chi connectivity index (χ2v) is 6.39. The summed E-state index contributed by atoms with van der Waals surface area (Å²) in [4.78, 5) is 5.70. The molecule has 0 radical (unpaired) electrons. The Morgan fingerprint density at radius 1 is 1.09 bits per heavy atom. The Labute approximate surface area is 132 Å². The van der Waals surface area contributed by atoms with Crippen LogP contribution in [0.5, 0.6) is 0 Å². The third kappa shape index (κ3) is 2.98. The van der Waals surface area contributed by atoms with E-state index in [-0.39, 0.29) is 0 Å². The molecule has 0 aliphatic rings.